The first-order valence-electron chi connectivity index (χ1n) is 13.0. The van der Waals surface area contributed by atoms with Crippen LogP contribution in [0.2, 0.25) is 0 Å². The Bertz CT molecular complexity index is 858. The Morgan fingerprint density at radius 3 is 2.53 bits per heavy atom. The van der Waals surface area contributed by atoms with Crippen molar-refractivity contribution >= 4 is 5.97 Å². The molecule has 0 aromatic rings. The maximum Gasteiger partial charge on any atom is 0.302 e. The molecular formula is C30H44O2. The van der Waals surface area contributed by atoms with Gasteiger partial charge >= 0.3 is 5.97 Å². The maximum absolute atomic E-state index is 11.5. The monoisotopic (exact) mass is 436 g/mol. The van der Waals surface area contributed by atoms with Gasteiger partial charge in [0.2, 0.25) is 0 Å². The van der Waals surface area contributed by atoms with Crippen molar-refractivity contribution in [2.45, 2.75) is 92.6 Å². The lowest BCUT2D eigenvalue weighted by molar-refractivity contribution is -0.148. The van der Waals surface area contributed by atoms with E-state index in [0.717, 1.165) is 19.3 Å². The van der Waals surface area contributed by atoms with Gasteiger partial charge in [-0.2, -0.15) is 0 Å². The number of rotatable bonds is 5. The molecule has 0 aliphatic heterocycles. The molecule has 0 spiro atoms. The molecule has 4 aliphatic carbocycles. The lowest BCUT2D eigenvalue weighted by Crippen LogP contribution is -2.46. The zero-order chi connectivity index (χ0) is 23.3. The zero-order valence-electron chi connectivity index (χ0n) is 21.2. The largest absolute Gasteiger partial charge is 0.462 e. The summed E-state index contributed by atoms with van der Waals surface area (Å²) >= 11 is 0. The topological polar surface area (TPSA) is 26.3 Å². The number of carbonyl (C=O) groups excluding carboxylic acids is 1. The molecule has 2 nitrogen and oxygen atoms in total. The molecule has 4 rings (SSSR count). The number of allylic oxidation sites excluding steroid dienone is 6. The van der Waals surface area contributed by atoms with Gasteiger partial charge in [0, 0.05) is 13.3 Å². The van der Waals surface area contributed by atoms with E-state index in [1.165, 1.54) is 43.8 Å². The van der Waals surface area contributed by atoms with Crippen LogP contribution in [0.5, 0.6) is 0 Å². The van der Waals surface area contributed by atoms with Crippen LogP contribution in [-0.4, -0.2) is 12.1 Å². The molecule has 7 unspecified atom stereocenters. The molecule has 0 N–H and O–H groups in total. The van der Waals surface area contributed by atoms with Gasteiger partial charge in [-0.3, -0.25) is 4.79 Å². The number of carbonyl (C=O) groups is 1. The van der Waals surface area contributed by atoms with Gasteiger partial charge in [-0.05, 0) is 78.9 Å². The molecule has 0 heterocycles. The zero-order valence-corrected chi connectivity index (χ0v) is 21.2. The third kappa shape index (κ3) is 3.97. The highest BCUT2D eigenvalue weighted by Crippen LogP contribution is 2.65. The Hall–Kier alpha value is -1.57. The van der Waals surface area contributed by atoms with Gasteiger partial charge in [-0.25, -0.2) is 0 Å². The highest BCUT2D eigenvalue weighted by molar-refractivity contribution is 5.66. The predicted molar refractivity (Wildman–Crippen MR) is 133 cm³/mol. The normalized spacial score (nSPS) is 39.6. The average Bonchev–Trinajstić information content (AvgIpc) is 3.08. The predicted octanol–water partition coefficient (Wildman–Crippen LogP) is 7.82. The molecule has 0 radical (unpaired) electrons. The summed E-state index contributed by atoms with van der Waals surface area (Å²) in [6, 6.07) is 0. The molecular weight excluding hydrogens is 392 g/mol. The third-order valence-electron chi connectivity index (χ3n) is 9.97. The summed E-state index contributed by atoms with van der Waals surface area (Å²) < 4.78 is 5.58. The fourth-order valence-electron chi connectivity index (χ4n) is 7.53. The first kappa shape index (κ1) is 23.6. The van der Waals surface area contributed by atoms with E-state index in [-0.39, 0.29) is 17.5 Å². The van der Waals surface area contributed by atoms with Gasteiger partial charge < -0.3 is 4.74 Å². The van der Waals surface area contributed by atoms with E-state index in [0.29, 0.717) is 35.0 Å². The molecule has 176 valence electrons. The van der Waals surface area contributed by atoms with Crippen LogP contribution in [-0.2, 0) is 9.53 Å². The summed E-state index contributed by atoms with van der Waals surface area (Å²) in [5.74, 6) is 3.06. The Morgan fingerprint density at radius 1 is 1.09 bits per heavy atom. The van der Waals surface area contributed by atoms with Crippen molar-refractivity contribution < 1.29 is 9.53 Å². The average molecular weight is 437 g/mol. The van der Waals surface area contributed by atoms with Gasteiger partial charge in [0.1, 0.15) is 6.10 Å². The van der Waals surface area contributed by atoms with Crippen LogP contribution in [0.25, 0.3) is 0 Å². The minimum atomic E-state index is -0.145. The quantitative estimate of drug-likeness (QED) is 0.324. The number of ether oxygens (including phenoxy) is 1. The van der Waals surface area contributed by atoms with Crippen LogP contribution in [0.4, 0.5) is 0 Å². The highest BCUT2D eigenvalue weighted by atomic mass is 16.5. The summed E-state index contributed by atoms with van der Waals surface area (Å²) in [5, 5.41) is 0. The summed E-state index contributed by atoms with van der Waals surface area (Å²) in [7, 11) is 0. The highest BCUT2D eigenvalue weighted by Gasteiger charge is 2.56. The van der Waals surface area contributed by atoms with E-state index in [1.54, 1.807) is 5.57 Å². The molecule has 3 fully saturated rings. The Kier molecular flexibility index (Phi) is 6.38. The van der Waals surface area contributed by atoms with Gasteiger partial charge in [0.25, 0.3) is 0 Å². The van der Waals surface area contributed by atoms with Crippen LogP contribution in [0, 0.1) is 40.4 Å². The fraction of sp³-hybridized carbons (Fsp3) is 0.700. The van der Waals surface area contributed by atoms with Crippen LogP contribution in [0.3, 0.4) is 0 Å². The Balaban J connectivity index is 1.55. The van der Waals surface area contributed by atoms with E-state index in [1.807, 2.05) is 0 Å². The Morgan fingerprint density at radius 2 is 1.84 bits per heavy atom. The van der Waals surface area contributed by atoms with Crippen molar-refractivity contribution in [3.05, 3.63) is 47.6 Å². The van der Waals surface area contributed by atoms with E-state index in [9.17, 15) is 4.79 Å². The molecule has 0 aromatic heterocycles. The minimum Gasteiger partial charge on any atom is -0.462 e. The molecule has 4 aliphatic rings. The number of hydrogen-bond donors (Lipinski definition) is 0. The summed E-state index contributed by atoms with van der Waals surface area (Å²) in [6.45, 7) is 18.0. The second-order valence-electron chi connectivity index (χ2n) is 12.1. The maximum atomic E-state index is 11.5. The number of esters is 1. The summed E-state index contributed by atoms with van der Waals surface area (Å²) in [5.41, 5.74) is 5.15. The molecule has 2 heteroatoms. The lowest BCUT2D eigenvalue weighted by Gasteiger charge is -2.55. The second-order valence-corrected chi connectivity index (χ2v) is 12.1. The molecule has 3 saturated carbocycles. The first-order valence-corrected chi connectivity index (χ1v) is 13.0. The SMILES string of the molecule is C=C(C=CC(C)C(C)C)C1CCC2C3=CC=C4CC(OC(C)=O)CCC4(C)C3CCC12C. The lowest BCUT2D eigenvalue weighted by atomic mass is 9.50. The van der Waals surface area contributed by atoms with Crippen LogP contribution >= 0.6 is 0 Å². The third-order valence-corrected chi connectivity index (χ3v) is 9.97. The number of hydrogen-bond acceptors (Lipinski definition) is 2. The van der Waals surface area contributed by atoms with E-state index >= 15 is 0 Å². The van der Waals surface area contributed by atoms with Crippen molar-refractivity contribution in [1.29, 1.82) is 0 Å². The summed E-state index contributed by atoms with van der Waals surface area (Å²) in [4.78, 5) is 11.5. The Labute approximate surface area is 196 Å². The van der Waals surface area contributed by atoms with Gasteiger partial charge in [0.05, 0.1) is 0 Å². The fourth-order valence-corrected chi connectivity index (χ4v) is 7.53. The van der Waals surface area contributed by atoms with Gasteiger partial charge in [-0.1, -0.05) is 82.2 Å². The van der Waals surface area contributed by atoms with Crippen LogP contribution in [0.15, 0.2) is 47.6 Å². The van der Waals surface area contributed by atoms with E-state index < -0.39 is 0 Å². The van der Waals surface area contributed by atoms with E-state index in [2.05, 4.69) is 65.5 Å². The molecule has 0 amide bonds. The molecule has 0 aromatic carbocycles. The standard InChI is InChI=1S/C30H44O2/c1-19(2)20(3)8-9-21(4)26-12-13-27-25-11-10-23-18-24(32-22(5)31)14-16-29(23,6)28(25)15-17-30(26,27)7/h8-11,19-20,24,26-28H,4,12-18H2,1-3,5-7H3. The molecule has 0 bridgehead atoms. The summed E-state index contributed by atoms with van der Waals surface area (Å²) in [6.07, 6.45) is 17.9. The van der Waals surface area contributed by atoms with Crippen molar-refractivity contribution in [2.24, 2.45) is 40.4 Å². The van der Waals surface area contributed by atoms with Crippen LogP contribution < -0.4 is 0 Å². The van der Waals surface area contributed by atoms with Gasteiger partial charge in [-0.15, -0.1) is 0 Å². The van der Waals surface area contributed by atoms with Crippen molar-refractivity contribution in [2.75, 3.05) is 0 Å². The second kappa shape index (κ2) is 8.65. The van der Waals surface area contributed by atoms with Crippen molar-refractivity contribution in [1.82, 2.24) is 0 Å². The molecule has 32 heavy (non-hydrogen) atoms. The van der Waals surface area contributed by atoms with Crippen molar-refractivity contribution in [3.63, 3.8) is 0 Å². The van der Waals surface area contributed by atoms with Crippen molar-refractivity contribution in [3.8, 4) is 0 Å². The van der Waals surface area contributed by atoms with Gasteiger partial charge in [0.15, 0.2) is 0 Å². The molecule has 7 atom stereocenters. The van der Waals surface area contributed by atoms with Crippen LogP contribution in [0.1, 0.15) is 86.5 Å². The number of fused-ring (bicyclic) bond motifs is 5. The smallest absolute Gasteiger partial charge is 0.302 e. The van der Waals surface area contributed by atoms with E-state index in [4.69, 9.17) is 4.74 Å². The molecule has 0 saturated heterocycles. The first-order chi connectivity index (χ1) is 15.1. The minimum absolute atomic E-state index is 0.0647.